The Kier molecular flexibility index (Phi) is 5.34. The van der Waals surface area contributed by atoms with Gasteiger partial charge in [0.25, 0.3) is 5.91 Å². The summed E-state index contributed by atoms with van der Waals surface area (Å²) < 4.78 is 27.0. The molecule has 1 heterocycles. The summed E-state index contributed by atoms with van der Waals surface area (Å²) in [7, 11) is -3.61. The van der Waals surface area contributed by atoms with Gasteiger partial charge in [0, 0.05) is 18.7 Å². The van der Waals surface area contributed by atoms with Crippen molar-refractivity contribution in [3.05, 3.63) is 29.8 Å². The van der Waals surface area contributed by atoms with Crippen molar-refractivity contribution in [2.24, 2.45) is 0 Å². The van der Waals surface area contributed by atoms with Gasteiger partial charge in [0.15, 0.2) is 0 Å². The van der Waals surface area contributed by atoms with Crippen LogP contribution in [0.1, 0.15) is 55.3 Å². The zero-order chi connectivity index (χ0) is 18.8. The van der Waals surface area contributed by atoms with Crippen LogP contribution in [0.15, 0.2) is 29.2 Å². The first-order valence-electron chi connectivity index (χ1n) is 8.97. The van der Waals surface area contributed by atoms with E-state index >= 15 is 0 Å². The van der Waals surface area contributed by atoms with E-state index in [0.29, 0.717) is 25.9 Å². The molecule has 0 radical (unpaired) electrons. The van der Waals surface area contributed by atoms with Crippen molar-refractivity contribution in [2.45, 2.75) is 55.4 Å². The summed E-state index contributed by atoms with van der Waals surface area (Å²) in [5, 5.41) is 11.9. The molecular formula is C18H24N2O5S. The summed E-state index contributed by atoms with van der Waals surface area (Å²) in [6.45, 7) is 1.00. The van der Waals surface area contributed by atoms with Crippen LogP contribution in [0.25, 0.3) is 0 Å². The molecule has 142 valence electrons. The van der Waals surface area contributed by atoms with Gasteiger partial charge in [0.1, 0.15) is 0 Å². The molecule has 1 aromatic carbocycles. The number of nitrogens with one attached hydrogen (secondary N) is 1. The monoisotopic (exact) mass is 380 g/mol. The van der Waals surface area contributed by atoms with Gasteiger partial charge in [-0.05, 0) is 50.3 Å². The Bertz CT molecular complexity index is 796. The number of nitrogens with zero attached hydrogens (tertiary/aromatic N) is 1. The molecule has 26 heavy (non-hydrogen) atoms. The third-order valence-corrected chi connectivity index (χ3v) is 7.12. The van der Waals surface area contributed by atoms with Crippen LogP contribution in [0.4, 0.5) is 0 Å². The minimum Gasteiger partial charge on any atom is -0.481 e. The van der Waals surface area contributed by atoms with Crippen molar-refractivity contribution in [2.75, 3.05) is 13.1 Å². The lowest BCUT2D eigenvalue weighted by Gasteiger charge is -2.41. The first-order valence-corrected chi connectivity index (χ1v) is 10.4. The molecule has 1 amide bonds. The largest absolute Gasteiger partial charge is 0.481 e. The predicted octanol–water partition coefficient (Wildman–Crippen LogP) is 1.99. The van der Waals surface area contributed by atoms with E-state index in [4.69, 9.17) is 5.11 Å². The van der Waals surface area contributed by atoms with Crippen LogP contribution in [0.3, 0.4) is 0 Å². The van der Waals surface area contributed by atoms with Crippen molar-refractivity contribution >= 4 is 21.9 Å². The van der Waals surface area contributed by atoms with E-state index in [1.54, 1.807) is 12.1 Å². The maximum absolute atomic E-state index is 12.8. The average Bonchev–Trinajstić information content (AvgIpc) is 2.60. The molecule has 2 N–H and O–H groups in total. The maximum Gasteiger partial charge on any atom is 0.305 e. The van der Waals surface area contributed by atoms with E-state index in [1.807, 2.05) is 0 Å². The topological polar surface area (TPSA) is 104 Å². The van der Waals surface area contributed by atoms with Gasteiger partial charge in [-0.2, -0.15) is 4.31 Å². The lowest BCUT2D eigenvalue weighted by Crippen LogP contribution is -2.54. The lowest BCUT2D eigenvalue weighted by atomic mass is 9.74. The van der Waals surface area contributed by atoms with Crippen molar-refractivity contribution in [1.82, 2.24) is 9.62 Å². The number of piperidine rings is 1. The number of benzene rings is 1. The Hall–Kier alpha value is -1.93. The first-order chi connectivity index (χ1) is 12.3. The molecule has 0 unspecified atom stereocenters. The number of amides is 1. The molecule has 2 fully saturated rings. The smallest absolute Gasteiger partial charge is 0.305 e. The van der Waals surface area contributed by atoms with Gasteiger partial charge in [-0.15, -0.1) is 0 Å². The van der Waals surface area contributed by atoms with Gasteiger partial charge in [0.2, 0.25) is 10.0 Å². The van der Waals surface area contributed by atoms with Gasteiger partial charge in [-0.1, -0.05) is 12.5 Å². The minimum absolute atomic E-state index is 0.105. The Morgan fingerprint density at radius 1 is 1.12 bits per heavy atom. The Balaban J connectivity index is 1.78. The zero-order valence-corrected chi connectivity index (χ0v) is 15.4. The quantitative estimate of drug-likeness (QED) is 0.785. The molecule has 1 aliphatic carbocycles. The van der Waals surface area contributed by atoms with E-state index in [2.05, 4.69) is 5.32 Å². The van der Waals surface area contributed by atoms with Crippen molar-refractivity contribution < 1.29 is 23.1 Å². The van der Waals surface area contributed by atoms with Crippen LogP contribution >= 0.6 is 0 Å². The second-order valence-electron chi connectivity index (χ2n) is 7.15. The minimum atomic E-state index is -3.61. The molecule has 1 saturated heterocycles. The first kappa shape index (κ1) is 18.8. The summed E-state index contributed by atoms with van der Waals surface area (Å²) in [5.41, 5.74) is -0.482. The predicted molar refractivity (Wildman–Crippen MR) is 95.4 cm³/mol. The summed E-state index contributed by atoms with van der Waals surface area (Å²) in [6.07, 6.45) is 4.71. The van der Waals surface area contributed by atoms with E-state index in [0.717, 1.165) is 25.7 Å². The highest BCUT2D eigenvalue weighted by Crippen LogP contribution is 2.35. The van der Waals surface area contributed by atoms with E-state index < -0.39 is 27.4 Å². The van der Waals surface area contributed by atoms with E-state index in [1.165, 1.54) is 16.4 Å². The third kappa shape index (κ3) is 3.91. The number of sulfonamides is 1. The SMILES string of the molecule is O=C(O)CC1(NC(=O)c2cccc(S(=O)(=O)N3CCCCC3)c2)CCC1. The molecule has 1 aromatic rings. The molecule has 0 aromatic heterocycles. The summed E-state index contributed by atoms with van der Waals surface area (Å²) in [4.78, 5) is 23.7. The fraction of sp³-hybridized carbons (Fsp3) is 0.556. The van der Waals surface area contributed by atoms with Crippen molar-refractivity contribution in [1.29, 1.82) is 0 Å². The van der Waals surface area contributed by atoms with Crippen molar-refractivity contribution in [3.8, 4) is 0 Å². The highest BCUT2D eigenvalue weighted by atomic mass is 32.2. The van der Waals surface area contributed by atoms with Crippen molar-refractivity contribution in [3.63, 3.8) is 0 Å². The number of carboxylic acid groups (broad SMARTS) is 1. The molecule has 3 rings (SSSR count). The van der Waals surface area contributed by atoms with Crippen LogP contribution in [-0.4, -0.2) is 48.3 Å². The number of carboxylic acids is 1. The maximum atomic E-state index is 12.8. The van der Waals surface area contributed by atoms with Crippen LogP contribution in [-0.2, 0) is 14.8 Å². The van der Waals surface area contributed by atoms with Crippen LogP contribution in [0.5, 0.6) is 0 Å². The molecule has 0 bridgehead atoms. The Morgan fingerprint density at radius 2 is 1.81 bits per heavy atom. The number of hydrogen-bond acceptors (Lipinski definition) is 4. The van der Waals surface area contributed by atoms with Gasteiger partial charge in [-0.25, -0.2) is 8.42 Å². The fourth-order valence-electron chi connectivity index (χ4n) is 3.60. The molecule has 8 heteroatoms. The Morgan fingerprint density at radius 3 is 2.38 bits per heavy atom. The number of aliphatic carboxylic acids is 1. The highest BCUT2D eigenvalue weighted by molar-refractivity contribution is 7.89. The fourth-order valence-corrected chi connectivity index (χ4v) is 5.17. The van der Waals surface area contributed by atoms with Gasteiger partial charge in [-0.3, -0.25) is 9.59 Å². The number of carbonyl (C=O) groups excluding carboxylic acids is 1. The molecule has 2 aliphatic rings. The molecule has 7 nitrogen and oxygen atoms in total. The number of carbonyl (C=O) groups is 2. The van der Waals surface area contributed by atoms with Crippen LogP contribution in [0, 0.1) is 0 Å². The molecular weight excluding hydrogens is 356 g/mol. The number of rotatable bonds is 6. The van der Waals surface area contributed by atoms with Gasteiger partial charge in [0.05, 0.1) is 16.9 Å². The van der Waals surface area contributed by atoms with E-state index in [-0.39, 0.29) is 16.9 Å². The lowest BCUT2D eigenvalue weighted by molar-refractivity contribution is -0.139. The summed E-state index contributed by atoms with van der Waals surface area (Å²) in [5.74, 6) is -1.38. The average molecular weight is 380 g/mol. The van der Waals surface area contributed by atoms with Gasteiger partial charge >= 0.3 is 5.97 Å². The summed E-state index contributed by atoms with van der Waals surface area (Å²) in [6, 6.07) is 5.98. The van der Waals surface area contributed by atoms with Crippen LogP contribution in [0.2, 0.25) is 0 Å². The Labute approximate surface area is 153 Å². The van der Waals surface area contributed by atoms with Crippen LogP contribution < -0.4 is 5.32 Å². The molecule has 0 spiro atoms. The zero-order valence-electron chi connectivity index (χ0n) is 14.6. The second-order valence-corrected chi connectivity index (χ2v) is 9.09. The second kappa shape index (κ2) is 7.36. The van der Waals surface area contributed by atoms with E-state index in [9.17, 15) is 18.0 Å². The molecule has 1 aliphatic heterocycles. The van der Waals surface area contributed by atoms with Gasteiger partial charge < -0.3 is 10.4 Å². The highest BCUT2D eigenvalue weighted by Gasteiger charge is 2.40. The molecule has 0 atom stereocenters. The normalized spacial score (nSPS) is 20.2. The summed E-state index contributed by atoms with van der Waals surface area (Å²) >= 11 is 0. The third-order valence-electron chi connectivity index (χ3n) is 5.23. The number of hydrogen-bond donors (Lipinski definition) is 2. The standard InChI is InChI=1S/C18H24N2O5S/c21-16(22)13-18(8-5-9-18)19-17(23)14-6-4-7-15(12-14)26(24,25)20-10-2-1-3-11-20/h4,6-7,12H,1-3,5,8-11,13H2,(H,19,23)(H,21,22). The molecule has 1 saturated carbocycles.